The number of nitrogens with zero attached hydrogens (tertiary/aromatic N) is 5. The number of fused-ring (bicyclic) bond motifs is 1. The van der Waals surface area contributed by atoms with Crippen molar-refractivity contribution in [1.82, 2.24) is 24.7 Å². The number of carbonyl (C=O) groups excluding carboxylic acids is 4. The lowest BCUT2D eigenvalue weighted by Gasteiger charge is -2.30. The lowest BCUT2D eigenvalue weighted by molar-refractivity contribution is 0.0153. The van der Waals surface area contributed by atoms with Crippen molar-refractivity contribution in [2.45, 2.75) is 92.5 Å². The van der Waals surface area contributed by atoms with E-state index in [9.17, 15) is 36.0 Å². The average molecular weight is 1140 g/mol. The number of ether oxygens (including phenoxy) is 4. The number of benzene rings is 1. The van der Waals surface area contributed by atoms with E-state index in [0.717, 1.165) is 4.90 Å². The Labute approximate surface area is 421 Å². The van der Waals surface area contributed by atoms with Crippen molar-refractivity contribution in [3.8, 4) is 11.8 Å². The van der Waals surface area contributed by atoms with E-state index in [-0.39, 0.29) is 97.0 Å². The monoisotopic (exact) mass is 1140 g/mol. The zero-order valence-electron chi connectivity index (χ0n) is 40.4. The molecule has 0 spiro atoms. The van der Waals surface area contributed by atoms with E-state index >= 15 is 0 Å². The van der Waals surface area contributed by atoms with Gasteiger partial charge in [-0.3, -0.25) is 35.6 Å². The van der Waals surface area contributed by atoms with E-state index in [2.05, 4.69) is 63.0 Å². The van der Waals surface area contributed by atoms with Crippen molar-refractivity contribution in [2.75, 3.05) is 60.3 Å². The second-order valence-electron chi connectivity index (χ2n) is 17.2. The lowest BCUT2D eigenvalue weighted by Crippen LogP contribution is -2.43. The van der Waals surface area contributed by atoms with Crippen LogP contribution >= 0.6 is 31.9 Å². The van der Waals surface area contributed by atoms with Crippen LogP contribution in [0.25, 0.3) is 0 Å². The minimum absolute atomic E-state index is 0. The fraction of sp³-hybridized carbons (Fsp3) is 0.524. The Morgan fingerprint density at radius 1 is 0.710 bits per heavy atom. The van der Waals surface area contributed by atoms with Crippen LogP contribution in [0.3, 0.4) is 0 Å². The van der Waals surface area contributed by atoms with Crippen molar-refractivity contribution in [3.63, 3.8) is 0 Å². The second-order valence-corrected chi connectivity index (χ2v) is 22.7. The van der Waals surface area contributed by atoms with Gasteiger partial charge >= 0.3 is 12.2 Å². The number of aromatic nitrogens is 2. The lowest BCUT2D eigenvalue weighted by atomic mass is 10.1. The van der Waals surface area contributed by atoms with Crippen LogP contribution in [0.5, 0.6) is 11.8 Å². The number of halogens is 2. The molecule has 1 aromatic carbocycles. The fourth-order valence-electron chi connectivity index (χ4n) is 5.72. The number of hydrogen-bond acceptors (Lipinski definition) is 17. The molecule has 23 nitrogen and oxygen atoms in total. The van der Waals surface area contributed by atoms with Crippen molar-refractivity contribution >= 4 is 87.3 Å². The highest BCUT2D eigenvalue weighted by Gasteiger charge is 2.36. The molecule has 0 fully saturated rings. The van der Waals surface area contributed by atoms with Gasteiger partial charge in [-0.15, -0.1) is 0 Å². The Kier molecular flexibility index (Phi) is 24.7. The Hall–Kier alpha value is -4.90. The molecule has 0 saturated heterocycles. The molecule has 0 unspecified atom stereocenters. The molecule has 10 N–H and O–H groups in total. The Balaban J connectivity index is 0.000000686. The quantitative estimate of drug-likeness (QED) is 0.0628. The van der Waals surface area contributed by atoms with Gasteiger partial charge in [-0.05, 0) is 125 Å². The number of hydrogen-bond donors (Lipinski definition) is 5. The second kappa shape index (κ2) is 27.5. The van der Waals surface area contributed by atoms with Crippen molar-refractivity contribution in [1.29, 1.82) is 0 Å². The summed E-state index contributed by atoms with van der Waals surface area (Å²) in [5.74, 6) is 6.30. The van der Waals surface area contributed by atoms with Gasteiger partial charge < -0.3 is 40.0 Å². The SMILES string of the molecule is CC(C)N(CCOc1ncc(Br)cc1NS(=O)(=O)CCN)C(=O)OC(C)(C)C.CC(C)N(CCOc1ncc(Br)cc1NS(=O)(=O)CCN1C(=O)c2ccccc2C1=O)C(=O)OC(C)(C)C.NN.O. The van der Waals surface area contributed by atoms with Crippen LogP contribution in [0, 0.1) is 0 Å². The van der Waals surface area contributed by atoms with Gasteiger partial charge in [0.1, 0.15) is 35.8 Å². The molecule has 2 aromatic heterocycles. The van der Waals surface area contributed by atoms with Gasteiger partial charge in [0, 0.05) is 46.5 Å². The first-order valence-electron chi connectivity index (χ1n) is 21.1. The predicted molar refractivity (Wildman–Crippen MR) is 269 cm³/mol. The number of nitrogens with one attached hydrogen (secondary N) is 2. The van der Waals surface area contributed by atoms with Gasteiger partial charge in [-0.1, -0.05) is 12.1 Å². The van der Waals surface area contributed by atoms with Gasteiger partial charge in [0.2, 0.25) is 31.8 Å². The number of anilines is 2. The molecule has 4 amide bonds. The molecule has 0 saturated carbocycles. The van der Waals surface area contributed by atoms with Crippen molar-refractivity contribution in [2.24, 2.45) is 17.4 Å². The van der Waals surface area contributed by atoms with Gasteiger partial charge in [-0.2, -0.15) is 0 Å². The summed E-state index contributed by atoms with van der Waals surface area (Å²) in [5, 5.41) is 0. The summed E-state index contributed by atoms with van der Waals surface area (Å²) in [6.45, 7) is 18.4. The van der Waals surface area contributed by atoms with Crippen LogP contribution in [0.1, 0.15) is 90.0 Å². The van der Waals surface area contributed by atoms with Crippen LogP contribution in [0.4, 0.5) is 21.0 Å². The van der Waals surface area contributed by atoms with E-state index in [1.807, 2.05) is 27.7 Å². The first-order chi connectivity index (χ1) is 31.5. The molecule has 0 bridgehead atoms. The fourth-order valence-corrected chi connectivity index (χ4v) is 8.28. The van der Waals surface area contributed by atoms with Crippen LogP contribution < -0.4 is 36.3 Å². The molecule has 27 heteroatoms. The summed E-state index contributed by atoms with van der Waals surface area (Å²) in [7, 11) is -7.62. The molecule has 0 aliphatic carbocycles. The van der Waals surface area contributed by atoms with Gasteiger partial charge in [0.05, 0.1) is 35.7 Å². The highest BCUT2D eigenvalue weighted by atomic mass is 79.9. The van der Waals surface area contributed by atoms with Crippen LogP contribution in [-0.4, -0.2) is 145 Å². The molecule has 0 atom stereocenters. The maximum Gasteiger partial charge on any atom is 0.410 e. The largest absolute Gasteiger partial charge is 0.474 e. The molecule has 388 valence electrons. The number of imide groups is 1. The predicted octanol–water partition coefficient (Wildman–Crippen LogP) is 4.47. The van der Waals surface area contributed by atoms with E-state index in [1.165, 1.54) is 40.4 Å². The van der Waals surface area contributed by atoms with Crippen molar-refractivity contribution < 1.29 is 60.4 Å². The summed E-state index contributed by atoms with van der Waals surface area (Å²) >= 11 is 6.52. The molecule has 1 aliphatic heterocycles. The maximum atomic E-state index is 12.9. The van der Waals surface area contributed by atoms with Gasteiger partial charge in [0.15, 0.2) is 0 Å². The normalized spacial score (nSPS) is 12.4. The molecule has 4 rings (SSSR count). The van der Waals surface area contributed by atoms with E-state index in [1.54, 1.807) is 59.7 Å². The highest BCUT2D eigenvalue weighted by molar-refractivity contribution is 9.10. The Morgan fingerprint density at radius 3 is 1.41 bits per heavy atom. The molecule has 69 heavy (non-hydrogen) atoms. The van der Waals surface area contributed by atoms with E-state index in [4.69, 9.17) is 24.7 Å². The molecule has 1 aliphatic rings. The summed E-state index contributed by atoms with van der Waals surface area (Å²) in [4.78, 5) is 62.1. The number of pyridine rings is 2. The highest BCUT2D eigenvalue weighted by Crippen LogP contribution is 2.29. The third-order valence-corrected chi connectivity index (χ3v) is 12.1. The molecular weight excluding hydrogens is 1080 g/mol. The third kappa shape index (κ3) is 20.9. The summed E-state index contributed by atoms with van der Waals surface area (Å²) in [6, 6.07) is 9.11. The van der Waals surface area contributed by atoms with Gasteiger partial charge in [0.25, 0.3) is 11.8 Å². The zero-order chi connectivity index (χ0) is 51.8. The topological polar surface area (TPSA) is 343 Å². The molecule has 3 heterocycles. The number of rotatable bonds is 19. The van der Waals surface area contributed by atoms with Crippen molar-refractivity contribution in [3.05, 3.63) is 68.9 Å². The number of carbonyl (C=O) groups is 4. The smallest absolute Gasteiger partial charge is 0.410 e. The van der Waals surface area contributed by atoms with Gasteiger partial charge in [-0.25, -0.2) is 36.4 Å². The first kappa shape index (κ1) is 62.1. The van der Waals surface area contributed by atoms with E-state index in [0.29, 0.717) is 8.95 Å². The number of hydrazine groups is 1. The number of amides is 4. The summed E-state index contributed by atoms with van der Waals surface area (Å²) in [6.07, 6.45) is 2.00. The molecule has 3 aromatic rings. The Morgan fingerprint density at radius 2 is 1.07 bits per heavy atom. The van der Waals surface area contributed by atoms with E-state index < -0.39 is 61.0 Å². The average Bonchev–Trinajstić information content (AvgIpc) is 3.45. The molecular formula is C42H66Br2N10O13S2. The maximum absolute atomic E-state index is 12.9. The van der Waals surface area contributed by atoms with Crippen LogP contribution in [0.2, 0.25) is 0 Å². The summed E-state index contributed by atoms with van der Waals surface area (Å²) in [5.41, 5.74) is 4.81. The standard InChI is InChI=1S/C25H31BrN4O7S.C17H29BrN4O5S.H4N2.H2O/c1-16(2)29(24(33)37-25(3,4)5)10-12-36-21-20(14-17(26)15-27-21)28-38(34,35)13-11-30-22(31)18-8-6-7-9-19(18)23(30)32;1-12(2)22(16(23)27-17(3,4)5)7-8-26-15-14(10-13(18)11-20-15)21-28(24,25)9-6-19;1-2;/h6-9,14-16,28H,10-13H2,1-5H3;10-12,21H,6-9,19H2,1-5H3;1-2H2;1H2. The number of nitrogens with two attached hydrogens (primary N) is 3. The van der Waals surface area contributed by atoms with Crippen LogP contribution in [0.15, 0.2) is 57.7 Å². The minimum atomic E-state index is -4.01. The molecule has 0 radical (unpaired) electrons. The first-order valence-corrected chi connectivity index (χ1v) is 26.0. The van der Waals surface area contributed by atoms with Crippen LogP contribution in [-0.2, 0) is 29.5 Å². The zero-order valence-corrected chi connectivity index (χ0v) is 45.2. The summed E-state index contributed by atoms with van der Waals surface area (Å²) < 4.78 is 77.9. The third-order valence-electron chi connectivity index (χ3n) is 8.66. The Bertz CT molecular complexity index is 2380. The minimum Gasteiger partial charge on any atom is -0.474 e. The number of sulfonamides is 2.